The molecule has 2 saturated heterocycles. The Hall–Kier alpha value is -0.910. The quantitative estimate of drug-likeness (QED) is 0.600. The first kappa shape index (κ1) is 16.9. The zero-order valence-electron chi connectivity index (χ0n) is 14.6. The highest BCUT2D eigenvalue weighted by atomic mass is 16.6. The molecule has 130 valence electrons. The summed E-state index contributed by atoms with van der Waals surface area (Å²) in [5.41, 5.74) is 6.38. The number of allylic oxidation sites excluding steroid dienone is 1. The van der Waals surface area contributed by atoms with E-state index < -0.39 is 0 Å². The molecule has 3 fully saturated rings. The summed E-state index contributed by atoms with van der Waals surface area (Å²) < 4.78 is 17.9. The third kappa shape index (κ3) is 3.06. The number of rotatable bonds is 6. The number of amides is 1. The van der Waals surface area contributed by atoms with Crippen molar-refractivity contribution in [3.8, 4) is 0 Å². The number of carbonyl (C=O) groups is 1. The van der Waals surface area contributed by atoms with Crippen molar-refractivity contribution >= 4 is 5.91 Å². The van der Waals surface area contributed by atoms with Crippen molar-refractivity contribution in [1.82, 2.24) is 0 Å². The van der Waals surface area contributed by atoms with E-state index in [1.807, 2.05) is 0 Å². The summed E-state index contributed by atoms with van der Waals surface area (Å²) in [6.45, 7) is 7.15. The Morgan fingerprint density at radius 2 is 2.13 bits per heavy atom. The van der Waals surface area contributed by atoms with Crippen molar-refractivity contribution in [2.75, 3.05) is 13.7 Å². The third-order valence-corrected chi connectivity index (χ3v) is 5.88. The lowest BCUT2D eigenvalue weighted by molar-refractivity contribution is -0.125. The molecule has 1 aliphatic carbocycles. The first-order valence-electron chi connectivity index (χ1n) is 8.58. The molecule has 5 heteroatoms. The highest BCUT2D eigenvalue weighted by Crippen LogP contribution is 2.60. The standard InChI is InChI=1S/C18H29NO4/c1-11(2)5-6-13-17(3,23-13)16-15(21-4)12(9-14(19)20)7-8-18(16)10-22-18/h5,12-13,15-16H,6-10H2,1-4H3,(H2,19,20). The topological polar surface area (TPSA) is 77.4 Å². The third-order valence-electron chi connectivity index (χ3n) is 5.88. The van der Waals surface area contributed by atoms with Gasteiger partial charge in [-0.05, 0) is 46.0 Å². The van der Waals surface area contributed by atoms with Crippen LogP contribution in [0.1, 0.15) is 46.5 Å². The van der Waals surface area contributed by atoms with Gasteiger partial charge in [0.05, 0.1) is 24.4 Å². The van der Waals surface area contributed by atoms with Crippen molar-refractivity contribution in [3.63, 3.8) is 0 Å². The number of methoxy groups -OCH3 is 1. The lowest BCUT2D eigenvalue weighted by Crippen LogP contribution is -2.53. The van der Waals surface area contributed by atoms with Crippen LogP contribution in [0.3, 0.4) is 0 Å². The lowest BCUT2D eigenvalue weighted by atomic mass is 9.65. The molecule has 3 aliphatic rings. The minimum absolute atomic E-state index is 0.0412. The molecular formula is C18H29NO4. The molecule has 0 radical (unpaired) electrons. The molecule has 6 unspecified atom stereocenters. The van der Waals surface area contributed by atoms with Gasteiger partial charge in [-0.15, -0.1) is 0 Å². The predicted molar refractivity (Wildman–Crippen MR) is 86.8 cm³/mol. The van der Waals surface area contributed by atoms with Gasteiger partial charge < -0.3 is 19.9 Å². The Labute approximate surface area is 138 Å². The molecular weight excluding hydrogens is 294 g/mol. The molecule has 1 amide bonds. The Morgan fingerprint density at radius 3 is 2.65 bits per heavy atom. The smallest absolute Gasteiger partial charge is 0.217 e. The number of ether oxygens (including phenoxy) is 3. The van der Waals surface area contributed by atoms with E-state index in [9.17, 15) is 4.79 Å². The summed E-state index contributed by atoms with van der Waals surface area (Å²) >= 11 is 0. The van der Waals surface area contributed by atoms with Gasteiger partial charge in [-0.3, -0.25) is 4.79 Å². The number of primary amides is 1. The molecule has 0 aromatic heterocycles. The molecule has 23 heavy (non-hydrogen) atoms. The van der Waals surface area contributed by atoms with Crippen LogP contribution >= 0.6 is 0 Å². The summed E-state index contributed by atoms with van der Waals surface area (Å²) in [7, 11) is 1.73. The van der Waals surface area contributed by atoms with Crippen LogP contribution in [0.4, 0.5) is 0 Å². The van der Waals surface area contributed by atoms with Crippen LogP contribution in [0.2, 0.25) is 0 Å². The van der Waals surface area contributed by atoms with Gasteiger partial charge in [-0.1, -0.05) is 11.6 Å². The van der Waals surface area contributed by atoms with Crippen LogP contribution in [0.5, 0.6) is 0 Å². The molecule has 0 aromatic carbocycles. The van der Waals surface area contributed by atoms with Crippen LogP contribution in [-0.2, 0) is 19.0 Å². The molecule has 2 aliphatic heterocycles. The van der Waals surface area contributed by atoms with Crippen LogP contribution in [0.25, 0.3) is 0 Å². The van der Waals surface area contributed by atoms with Crippen molar-refractivity contribution in [1.29, 1.82) is 0 Å². The summed E-state index contributed by atoms with van der Waals surface area (Å²) in [5, 5.41) is 0. The normalized spacial score (nSPS) is 44.9. The summed E-state index contributed by atoms with van der Waals surface area (Å²) in [6.07, 6.45) is 5.56. The van der Waals surface area contributed by atoms with E-state index in [0.717, 1.165) is 25.9 Å². The second-order valence-corrected chi connectivity index (χ2v) is 7.81. The van der Waals surface area contributed by atoms with Gasteiger partial charge in [0.25, 0.3) is 0 Å². The second-order valence-electron chi connectivity index (χ2n) is 7.81. The first-order chi connectivity index (χ1) is 10.8. The average molecular weight is 323 g/mol. The van der Waals surface area contributed by atoms with Gasteiger partial charge in [0.2, 0.25) is 5.91 Å². The minimum Gasteiger partial charge on any atom is -0.381 e. The zero-order chi connectivity index (χ0) is 16.8. The van der Waals surface area contributed by atoms with E-state index in [0.29, 0.717) is 6.42 Å². The number of nitrogens with two attached hydrogens (primary N) is 1. The summed E-state index contributed by atoms with van der Waals surface area (Å²) in [4.78, 5) is 11.4. The van der Waals surface area contributed by atoms with Crippen LogP contribution in [0, 0.1) is 11.8 Å². The Balaban J connectivity index is 1.79. The largest absolute Gasteiger partial charge is 0.381 e. The summed E-state index contributed by atoms with van der Waals surface area (Å²) in [5.74, 6) is 0.0579. The van der Waals surface area contributed by atoms with E-state index in [1.54, 1.807) is 7.11 Å². The van der Waals surface area contributed by atoms with Gasteiger partial charge in [-0.25, -0.2) is 0 Å². The van der Waals surface area contributed by atoms with E-state index in [4.69, 9.17) is 19.9 Å². The molecule has 1 spiro atoms. The molecule has 2 N–H and O–H groups in total. The van der Waals surface area contributed by atoms with Gasteiger partial charge >= 0.3 is 0 Å². The van der Waals surface area contributed by atoms with Gasteiger partial charge in [0.15, 0.2) is 0 Å². The first-order valence-corrected chi connectivity index (χ1v) is 8.58. The maximum Gasteiger partial charge on any atom is 0.217 e. The Morgan fingerprint density at radius 1 is 1.43 bits per heavy atom. The number of hydrogen-bond acceptors (Lipinski definition) is 4. The van der Waals surface area contributed by atoms with Crippen LogP contribution in [-0.4, -0.2) is 43.0 Å². The SMILES string of the molecule is COC1C(CC(N)=O)CCC2(CO2)C1C1(C)OC1CC=C(C)C. The maximum atomic E-state index is 11.4. The van der Waals surface area contributed by atoms with E-state index in [1.165, 1.54) is 5.57 Å². The number of carbonyl (C=O) groups excluding carboxylic acids is 1. The van der Waals surface area contributed by atoms with E-state index in [2.05, 4.69) is 26.8 Å². The van der Waals surface area contributed by atoms with Crippen molar-refractivity contribution in [3.05, 3.63) is 11.6 Å². The Kier molecular flexibility index (Phi) is 4.32. The fourth-order valence-corrected chi connectivity index (χ4v) is 4.56. The highest BCUT2D eigenvalue weighted by molar-refractivity contribution is 5.74. The minimum atomic E-state index is -0.258. The van der Waals surface area contributed by atoms with Gasteiger partial charge in [0, 0.05) is 19.4 Å². The molecule has 3 rings (SSSR count). The number of epoxide rings is 2. The van der Waals surface area contributed by atoms with Gasteiger partial charge in [0.1, 0.15) is 5.60 Å². The van der Waals surface area contributed by atoms with E-state index >= 15 is 0 Å². The van der Waals surface area contributed by atoms with Gasteiger partial charge in [-0.2, -0.15) is 0 Å². The molecule has 5 nitrogen and oxygen atoms in total. The van der Waals surface area contributed by atoms with E-state index in [-0.39, 0.29) is 41.2 Å². The summed E-state index contributed by atoms with van der Waals surface area (Å²) in [6, 6.07) is 0. The molecule has 0 bridgehead atoms. The second kappa shape index (κ2) is 5.87. The van der Waals surface area contributed by atoms with Crippen molar-refractivity contribution < 1.29 is 19.0 Å². The maximum absolute atomic E-state index is 11.4. The van der Waals surface area contributed by atoms with Crippen LogP contribution < -0.4 is 5.73 Å². The van der Waals surface area contributed by atoms with Crippen molar-refractivity contribution in [2.45, 2.75) is 69.9 Å². The fourth-order valence-electron chi connectivity index (χ4n) is 4.56. The van der Waals surface area contributed by atoms with Crippen molar-refractivity contribution in [2.24, 2.45) is 17.6 Å². The molecule has 2 heterocycles. The lowest BCUT2D eigenvalue weighted by Gasteiger charge is -2.43. The predicted octanol–water partition coefficient (Wildman–Crippen LogP) is 2.19. The Bertz CT molecular complexity index is 509. The highest BCUT2D eigenvalue weighted by Gasteiger charge is 2.71. The van der Waals surface area contributed by atoms with Crippen LogP contribution in [0.15, 0.2) is 11.6 Å². The fraction of sp³-hybridized carbons (Fsp3) is 0.833. The molecule has 1 saturated carbocycles. The molecule has 6 atom stereocenters. The number of hydrogen-bond donors (Lipinski definition) is 1. The zero-order valence-corrected chi connectivity index (χ0v) is 14.6. The average Bonchev–Trinajstić information content (AvgIpc) is 3.37. The monoisotopic (exact) mass is 323 g/mol. The molecule has 0 aromatic rings.